The van der Waals surface area contributed by atoms with Crippen LogP contribution in [0.25, 0.3) is 0 Å². The van der Waals surface area contributed by atoms with Crippen molar-refractivity contribution >= 4 is 27.3 Å². The first kappa shape index (κ1) is 17.6. The number of para-hydroxylation sites is 1. The van der Waals surface area contributed by atoms with Gasteiger partial charge in [-0.1, -0.05) is 12.1 Å². The second-order valence-corrected chi connectivity index (χ2v) is 8.37. The minimum atomic E-state index is -3.00. The van der Waals surface area contributed by atoms with Crippen LogP contribution in [-0.2, 0) is 9.84 Å². The number of sulfone groups is 1. The number of hydrogen-bond acceptors (Lipinski definition) is 6. The van der Waals surface area contributed by atoms with Crippen molar-refractivity contribution in [2.75, 3.05) is 28.3 Å². The molecular formula is C17H21FN4O2S. The molecular weight excluding hydrogens is 343 g/mol. The standard InChI is InChI=1S/C17H21FN4O2S/c1-3-22(13-8-9-25(23,24)11-13)17-19-12(2)10-16(21-17)20-15-7-5-4-6-14(15)18/h4-7,10,13H,3,8-9,11H2,1-2H3,(H,19,20,21). The second-order valence-electron chi connectivity index (χ2n) is 6.14. The highest BCUT2D eigenvalue weighted by Gasteiger charge is 2.33. The van der Waals surface area contributed by atoms with E-state index in [4.69, 9.17) is 0 Å². The van der Waals surface area contributed by atoms with Crippen molar-refractivity contribution in [3.63, 3.8) is 0 Å². The molecule has 1 aromatic carbocycles. The molecule has 2 aromatic rings. The number of anilines is 3. The number of halogens is 1. The van der Waals surface area contributed by atoms with Gasteiger partial charge in [-0.3, -0.25) is 0 Å². The fraction of sp³-hybridized carbons (Fsp3) is 0.412. The Morgan fingerprint density at radius 3 is 2.72 bits per heavy atom. The third kappa shape index (κ3) is 4.07. The lowest BCUT2D eigenvalue weighted by atomic mass is 10.2. The third-order valence-corrected chi connectivity index (χ3v) is 5.98. The Labute approximate surface area is 147 Å². The van der Waals surface area contributed by atoms with Gasteiger partial charge in [-0.25, -0.2) is 17.8 Å². The van der Waals surface area contributed by atoms with Gasteiger partial charge in [-0.15, -0.1) is 0 Å². The molecule has 1 fully saturated rings. The van der Waals surface area contributed by atoms with Crippen LogP contribution in [0.15, 0.2) is 30.3 Å². The van der Waals surface area contributed by atoms with Crippen molar-refractivity contribution in [2.45, 2.75) is 26.3 Å². The van der Waals surface area contributed by atoms with E-state index >= 15 is 0 Å². The monoisotopic (exact) mass is 364 g/mol. The number of benzene rings is 1. The molecule has 0 saturated carbocycles. The molecule has 1 atom stereocenters. The fourth-order valence-electron chi connectivity index (χ4n) is 3.03. The van der Waals surface area contributed by atoms with Gasteiger partial charge in [0.05, 0.1) is 17.2 Å². The lowest BCUT2D eigenvalue weighted by molar-refractivity contribution is 0.599. The summed E-state index contributed by atoms with van der Waals surface area (Å²) in [6.07, 6.45) is 0.573. The van der Waals surface area contributed by atoms with E-state index in [1.54, 1.807) is 24.3 Å². The van der Waals surface area contributed by atoms with Gasteiger partial charge in [0.1, 0.15) is 11.6 Å². The molecule has 3 rings (SSSR count). The molecule has 0 bridgehead atoms. The number of nitrogens with one attached hydrogen (secondary N) is 1. The van der Waals surface area contributed by atoms with Crippen LogP contribution in [0.2, 0.25) is 0 Å². The SMILES string of the molecule is CCN(c1nc(C)cc(Nc2ccccc2F)n1)C1CCS(=O)(=O)C1. The van der Waals surface area contributed by atoms with Gasteiger partial charge in [-0.05, 0) is 32.4 Å². The molecule has 134 valence electrons. The molecule has 1 saturated heterocycles. The van der Waals surface area contributed by atoms with E-state index in [1.807, 2.05) is 18.7 Å². The summed E-state index contributed by atoms with van der Waals surface area (Å²) in [5.41, 5.74) is 1.06. The normalized spacial score (nSPS) is 18.9. The maximum absolute atomic E-state index is 13.8. The molecule has 2 heterocycles. The van der Waals surface area contributed by atoms with Crippen LogP contribution in [0.5, 0.6) is 0 Å². The van der Waals surface area contributed by atoms with Gasteiger partial charge in [0.2, 0.25) is 5.95 Å². The summed E-state index contributed by atoms with van der Waals surface area (Å²) in [5, 5.41) is 2.97. The molecule has 8 heteroatoms. The average molecular weight is 364 g/mol. The lowest BCUT2D eigenvalue weighted by Crippen LogP contribution is -2.37. The van der Waals surface area contributed by atoms with E-state index < -0.39 is 9.84 Å². The van der Waals surface area contributed by atoms with Gasteiger partial charge < -0.3 is 10.2 Å². The zero-order valence-electron chi connectivity index (χ0n) is 14.2. The Morgan fingerprint density at radius 2 is 2.08 bits per heavy atom. The van der Waals surface area contributed by atoms with E-state index in [9.17, 15) is 12.8 Å². The van der Waals surface area contributed by atoms with Crippen molar-refractivity contribution in [2.24, 2.45) is 0 Å². The van der Waals surface area contributed by atoms with Gasteiger partial charge in [0.15, 0.2) is 9.84 Å². The van der Waals surface area contributed by atoms with Crippen LogP contribution in [0.4, 0.5) is 21.8 Å². The van der Waals surface area contributed by atoms with Gasteiger partial charge >= 0.3 is 0 Å². The summed E-state index contributed by atoms with van der Waals surface area (Å²) in [6, 6.07) is 7.97. The van der Waals surface area contributed by atoms with E-state index in [-0.39, 0.29) is 23.4 Å². The molecule has 1 N–H and O–H groups in total. The number of rotatable bonds is 5. The quantitative estimate of drug-likeness (QED) is 0.879. The maximum atomic E-state index is 13.8. The fourth-order valence-corrected chi connectivity index (χ4v) is 4.76. The van der Waals surface area contributed by atoms with E-state index in [0.717, 1.165) is 5.69 Å². The van der Waals surface area contributed by atoms with Crippen LogP contribution < -0.4 is 10.2 Å². The van der Waals surface area contributed by atoms with Crippen LogP contribution in [0.3, 0.4) is 0 Å². The Hall–Kier alpha value is -2.22. The highest BCUT2D eigenvalue weighted by Crippen LogP contribution is 2.25. The molecule has 1 unspecified atom stereocenters. The lowest BCUT2D eigenvalue weighted by Gasteiger charge is -2.27. The van der Waals surface area contributed by atoms with Crippen LogP contribution >= 0.6 is 0 Å². The highest BCUT2D eigenvalue weighted by atomic mass is 32.2. The Balaban J connectivity index is 1.89. The summed E-state index contributed by atoms with van der Waals surface area (Å²) < 4.78 is 37.4. The van der Waals surface area contributed by atoms with Gasteiger partial charge in [-0.2, -0.15) is 4.98 Å². The molecule has 1 aliphatic rings. The zero-order valence-corrected chi connectivity index (χ0v) is 15.1. The molecule has 6 nitrogen and oxygen atoms in total. The number of aryl methyl sites for hydroxylation is 1. The summed E-state index contributed by atoms with van der Waals surface area (Å²) in [7, 11) is -3.00. The average Bonchev–Trinajstić information content (AvgIpc) is 2.90. The van der Waals surface area contributed by atoms with Crippen molar-refractivity contribution < 1.29 is 12.8 Å². The third-order valence-electron chi connectivity index (χ3n) is 4.23. The molecule has 0 spiro atoms. The van der Waals surface area contributed by atoms with E-state index in [2.05, 4.69) is 15.3 Å². The summed E-state index contributed by atoms with van der Waals surface area (Å²) in [6.45, 7) is 4.38. The first-order valence-electron chi connectivity index (χ1n) is 8.22. The minimum absolute atomic E-state index is 0.119. The number of aromatic nitrogens is 2. The van der Waals surface area contributed by atoms with Gasteiger partial charge in [0.25, 0.3) is 0 Å². The highest BCUT2D eigenvalue weighted by molar-refractivity contribution is 7.91. The van der Waals surface area contributed by atoms with Crippen LogP contribution in [-0.4, -0.2) is 42.5 Å². The smallest absolute Gasteiger partial charge is 0.227 e. The topological polar surface area (TPSA) is 75.2 Å². The molecule has 25 heavy (non-hydrogen) atoms. The maximum Gasteiger partial charge on any atom is 0.227 e. The van der Waals surface area contributed by atoms with Crippen molar-refractivity contribution in [3.05, 3.63) is 41.8 Å². The Bertz CT molecular complexity index is 873. The Morgan fingerprint density at radius 1 is 1.32 bits per heavy atom. The predicted molar refractivity (Wildman–Crippen MR) is 96.5 cm³/mol. The van der Waals surface area contributed by atoms with Crippen molar-refractivity contribution in [3.8, 4) is 0 Å². The molecule has 0 amide bonds. The number of hydrogen-bond donors (Lipinski definition) is 1. The van der Waals surface area contributed by atoms with Crippen molar-refractivity contribution in [1.82, 2.24) is 9.97 Å². The second kappa shape index (κ2) is 6.95. The predicted octanol–water partition coefficient (Wildman–Crippen LogP) is 2.68. The largest absolute Gasteiger partial charge is 0.338 e. The zero-order chi connectivity index (χ0) is 18.0. The molecule has 1 aromatic heterocycles. The number of nitrogens with zero attached hydrogens (tertiary/aromatic N) is 3. The molecule has 1 aliphatic heterocycles. The molecule has 0 radical (unpaired) electrons. The minimum Gasteiger partial charge on any atom is -0.338 e. The van der Waals surface area contributed by atoms with Crippen molar-refractivity contribution in [1.29, 1.82) is 0 Å². The first-order valence-corrected chi connectivity index (χ1v) is 10.0. The first-order chi connectivity index (χ1) is 11.9. The molecule has 0 aliphatic carbocycles. The van der Waals surface area contributed by atoms with Crippen LogP contribution in [0, 0.1) is 12.7 Å². The van der Waals surface area contributed by atoms with Crippen LogP contribution in [0.1, 0.15) is 19.0 Å². The summed E-state index contributed by atoms with van der Waals surface area (Å²) in [4.78, 5) is 10.8. The Kier molecular flexibility index (Phi) is 4.89. The summed E-state index contributed by atoms with van der Waals surface area (Å²) >= 11 is 0. The van der Waals surface area contributed by atoms with E-state index in [0.29, 0.717) is 30.4 Å². The van der Waals surface area contributed by atoms with E-state index in [1.165, 1.54) is 6.07 Å². The summed E-state index contributed by atoms with van der Waals surface area (Å²) in [5.74, 6) is 0.888. The van der Waals surface area contributed by atoms with Gasteiger partial charge in [0, 0.05) is 24.3 Å².